The second-order valence-corrected chi connectivity index (χ2v) is 5.63. The van der Waals surface area contributed by atoms with Gasteiger partial charge in [0.25, 0.3) is 0 Å². The monoisotopic (exact) mass is 295 g/mol. The van der Waals surface area contributed by atoms with Crippen molar-refractivity contribution in [2.24, 2.45) is 5.41 Å². The molecule has 21 heavy (non-hydrogen) atoms. The standard InChI is InChI=1S/C13H17N3O5/c1-13(2)9(5-10(13)21-3)15-11-4-7(12(17)18)8(6-14-11)16(19)20/h4,6,9-10H,5H2,1-3H3,(H,14,15)(H,17,18). The smallest absolute Gasteiger partial charge is 0.342 e. The summed E-state index contributed by atoms with van der Waals surface area (Å²) in [6.07, 6.45) is 1.85. The van der Waals surface area contributed by atoms with E-state index >= 15 is 0 Å². The quantitative estimate of drug-likeness (QED) is 0.629. The average Bonchev–Trinajstić information content (AvgIpc) is 2.42. The highest BCUT2D eigenvalue weighted by molar-refractivity contribution is 5.93. The number of hydrogen-bond donors (Lipinski definition) is 2. The van der Waals surface area contributed by atoms with Gasteiger partial charge >= 0.3 is 11.7 Å². The summed E-state index contributed by atoms with van der Waals surface area (Å²) in [4.78, 5) is 25.0. The van der Waals surface area contributed by atoms with Crippen LogP contribution in [0.5, 0.6) is 0 Å². The van der Waals surface area contributed by atoms with Crippen LogP contribution in [0.1, 0.15) is 30.6 Å². The number of ether oxygens (including phenoxy) is 1. The van der Waals surface area contributed by atoms with Gasteiger partial charge in [0.1, 0.15) is 17.6 Å². The first kappa shape index (κ1) is 15.2. The molecule has 1 aromatic rings. The molecule has 2 N–H and O–H groups in total. The molecule has 2 atom stereocenters. The second kappa shape index (κ2) is 5.28. The third-order valence-corrected chi connectivity index (χ3v) is 4.09. The van der Waals surface area contributed by atoms with Crippen LogP contribution in [0.2, 0.25) is 0 Å². The normalized spacial score (nSPS) is 23.2. The molecule has 1 fully saturated rings. The van der Waals surface area contributed by atoms with Crippen LogP contribution in [0.3, 0.4) is 0 Å². The predicted molar refractivity (Wildman–Crippen MR) is 74.5 cm³/mol. The van der Waals surface area contributed by atoms with E-state index in [1.165, 1.54) is 6.07 Å². The van der Waals surface area contributed by atoms with Crippen LogP contribution in [0.25, 0.3) is 0 Å². The number of methoxy groups -OCH3 is 1. The number of anilines is 1. The molecule has 8 heteroatoms. The van der Waals surface area contributed by atoms with E-state index in [0.717, 1.165) is 12.6 Å². The van der Waals surface area contributed by atoms with Gasteiger partial charge in [-0.1, -0.05) is 13.8 Å². The molecule has 0 amide bonds. The second-order valence-electron chi connectivity index (χ2n) is 5.63. The molecule has 1 aliphatic rings. The maximum absolute atomic E-state index is 11.1. The first-order chi connectivity index (χ1) is 9.77. The Morgan fingerprint density at radius 1 is 1.62 bits per heavy atom. The number of nitrogens with one attached hydrogen (secondary N) is 1. The highest BCUT2D eigenvalue weighted by atomic mass is 16.6. The first-order valence-electron chi connectivity index (χ1n) is 6.44. The third-order valence-electron chi connectivity index (χ3n) is 4.09. The summed E-state index contributed by atoms with van der Waals surface area (Å²) in [6.45, 7) is 4.07. The first-order valence-corrected chi connectivity index (χ1v) is 6.44. The molecule has 8 nitrogen and oxygen atoms in total. The van der Waals surface area contributed by atoms with Crippen LogP contribution in [-0.2, 0) is 4.74 Å². The minimum absolute atomic E-state index is 0.0676. The van der Waals surface area contributed by atoms with Crippen LogP contribution in [0, 0.1) is 15.5 Å². The molecule has 114 valence electrons. The van der Waals surface area contributed by atoms with Gasteiger partial charge in [-0.2, -0.15) is 0 Å². The maximum Gasteiger partial charge on any atom is 0.342 e. The van der Waals surface area contributed by atoms with Gasteiger partial charge in [0.2, 0.25) is 0 Å². The molecule has 1 saturated carbocycles. The number of aromatic carboxylic acids is 1. The highest BCUT2D eigenvalue weighted by Crippen LogP contribution is 2.43. The Bertz CT molecular complexity index is 587. The van der Waals surface area contributed by atoms with E-state index in [-0.39, 0.29) is 23.1 Å². The lowest BCUT2D eigenvalue weighted by molar-refractivity contribution is -0.385. The minimum Gasteiger partial charge on any atom is -0.477 e. The van der Waals surface area contributed by atoms with Crippen molar-refractivity contribution in [3.8, 4) is 0 Å². The van der Waals surface area contributed by atoms with Crippen LogP contribution >= 0.6 is 0 Å². The number of carboxylic acids is 1. The number of pyridine rings is 1. The average molecular weight is 295 g/mol. The lowest BCUT2D eigenvalue weighted by Crippen LogP contribution is -2.57. The van der Waals surface area contributed by atoms with Gasteiger partial charge < -0.3 is 15.2 Å². The van der Waals surface area contributed by atoms with E-state index in [4.69, 9.17) is 9.84 Å². The maximum atomic E-state index is 11.1. The molecular weight excluding hydrogens is 278 g/mol. The van der Waals surface area contributed by atoms with Gasteiger partial charge in [-0.15, -0.1) is 0 Å². The molecule has 0 radical (unpaired) electrons. The molecule has 1 aromatic heterocycles. The molecule has 1 heterocycles. The summed E-state index contributed by atoms with van der Waals surface area (Å²) in [6, 6.07) is 1.26. The Balaban J connectivity index is 2.21. The molecule has 0 bridgehead atoms. The number of nitro groups is 1. The third kappa shape index (κ3) is 2.66. The van der Waals surface area contributed by atoms with Crippen molar-refractivity contribution in [3.63, 3.8) is 0 Å². The molecule has 0 spiro atoms. The van der Waals surface area contributed by atoms with Crippen molar-refractivity contribution in [2.75, 3.05) is 12.4 Å². The van der Waals surface area contributed by atoms with E-state index < -0.39 is 16.6 Å². The fraction of sp³-hybridized carbons (Fsp3) is 0.538. The Morgan fingerprint density at radius 3 is 2.76 bits per heavy atom. The number of hydrogen-bond acceptors (Lipinski definition) is 6. The van der Waals surface area contributed by atoms with Gasteiger partial charge in [-0.25, -0.2) is 9.78 Å². The molecule has 0 saturated heterocycles. The summed E-state index contributed by atoms with van der Waals surface area (Å²) in [5.41, 5.74) is -1.02. The van der Waals surface area contributed by atoms with Crippen LogP contribution < -0.4 is 5.32 Å². The van der Waals surface area contributed by atoms with Crippen molar-refractivity contribution in [1.82, 2.24) is 4.98 Å². The van der Waals surface area contributed by atoms with E-state index in [1.807, 2.05) is 13.8 Å². The van der Waals surface area contributed by atoms with Crippen molar-refractivity contribution in [1.29, 1.82) is 0 Å². The number of carbonyl (C=O) groups is 1. The highest BCUT2D eigenvalue weighted by Gasteiger charge is 2.48. The molecule has 2 unspecified atom stereocenters. The number of nitrogens with zero attached hydrogens (tertiary/aromatic N) is 2. The van der Waals surface area contributed by atoms with Gasteiger partial charge in [-0.05, 0) is 6.42 Å². The van der Waals surface area contributed by atoms with E-state index in [2.05, 4.69) is 10.3 Å². The zero-order valence-electron chi connectivity index (χ0n) is 12.0. The van der Waals surface area contributed by atoms with Gasteiger partial charge in [0.15, 0.2) is 0 Å². The fourth-order valence-electron chi connectivity index (χ4n) is 2.55. The van der Waals surface area contributed by atoms with Crippen LogP contribution in [0.4, 0.5) is 11.5 Å². The Morgan fingerprint density at radius 2 is 2.29 bits per heavy atom. The van der Waals surface area contributed by atoms with Crippen LogP contribution in [-0.4, -0.2) is 40.2 Å². The Kier molecular flexibility index (Phi) is 3.82. The zero-order chi connectivity index (χ0) is 15.8. The largest absolute Gasteiger partial charge is 0.477 e. The minimum atomic E-state index is -1.35. The molecule has 2 rings (SSSR count). The van der Waals surface area contributed by atoms with Crippen molar-refractivity contribution >= 4 is 17.5 Å². The number of carboxylic acid groups (broad SMARTS) is 1. The molecular formula is C13H17N3O5. The van der Waals surface area contributed by atoms with E-state index in [9.17, 15) is 14.9 Å². The summed E-state index contributed by atoms with van der Waals surface area (Å²) in [5, 5.41) is 22.9. The van der Waals surface area contributed by atoms with Crippen molar-refractivity contribution in [3.05, 3.63) is 27.9 Å². The molecule has 0 aliphatic heterocycles. The van der Waals surface area contributed by atoms with Crippen molar-refractivity contribution < 1.29 is 19.6 Å². The summed E-state index contributed by atoms with van der Waals surface area (Å²) >= 11 is 0. The zero-order valence-corrected chi connectivity index (χ0v) is 12.0. The number of aromatic nitrogens is 1. The summed E-state index contributed by atoms with van der Waals surface area (Å²) in [5.74, 6) is -1.04. The van der Waals surface area contributed by atoms with Gasteiger partial charge in [0, 0.05) is 24.6 Å². The Labute approximate surface area is 121 Å². The SMILES string of the molecule is COC1CC(Nc2cc(C(=O)O)c([N+](=O)[O-])cn2)C1(C)C. The lowest BCUT2D eigenvalue weighted by atomic mass is 9.64. The van der Waals surface area contributed by atoms with Crippen molar-refractivity contribution in [2.45, 2.75) is 32.4 Å². The topological polar surface area (TPSA) is 115 Å². The van der Waals surface area contributed by atoms with E-state index in [0.29, 0.717) is 5.82 Å². The summed E-state index contributed by atoms with van der Waals surface area (Å²) < 4.78 is 5.34. The van der Waals surface area contributed by atoms with Gasteiger partial charge in [-0.3, -0.25) is 10.1 Å². The molecule has 0 aromatic carbocycles. The fourth-order valence-corrected chi connectivity index (χ4v) is 2.55. The summed E-state index contributed by atoms with van der Waals surface area (Å²) in [7, 11) is 1.65. The Hall–Kier alpha value is -2.22. The predicted octanol–water partition coefficient (Wildman–Crippen LogP) is 1.91. The van der Waals surface area contributed by atoms with Crippen LogP contribution in [0.15, 0.2) is 12.3 Å². The number of rotatable bonds is 5. The van der Waals surface area contributed by atoms with Gasteiger partial charge in [0.05, 0.1) is 11.0 Å². The van der Waals surface area contributed by atoms with E-state index in [1.54, 1.807) is 7.11 Å². The molecule has 1 aliphatic carbocycles. The lowest BCUT2D eigenvalue weighted by Gasteiger charge is -2.51.